The Bertz CT molecular complexity index is 1200. The van der Waals surface area contributed by atoms with E-state index in [9.17, 15) is 17.6 Å². The van der Waals surface area contributed by atoms with Gasteiger partial charge in [-0.1, -0.05) is 18.2 Å². The van der Waals surface area contributed by atoms with Crippen LogP contribution in [0.2, 0.25) is 0 Å². The number of amides is 1. The second kappa shape index (κ2) is 9.40. The lowest BCUT2D eigenvalue weighted by Gasteiger charge is -2.33. The standard InChI is InChI=1S/C23H23FN2O4S2/c1-17-5-10-22(31-17)32(28,29)26-13-11-25(12-14-26)23(27)19-3-2-4-21(15-19)30-16-18-6-8-20(24)9-7-18/h2-10,15H,11-14,16H2,1H3. The number of ether oxygens (including phenoxy) is 1. The molecule has 0 bridgehead atoms. The average molecular weight is 475 g/mol. The van der Waals surface area contributed by atoms with E-state index in [-0.39, 0.29) is 31.4 Å². The fourth-order valence-corrected chi connectivity index (χ4v) is 6.32. The van der Waals surface area contributed by atoms with Crippen LogP contribution in [0.3, 0.4) is 0 Å². The number of hydrogen-bond donors (Lipinski definition) is 0. The molecule has 0 spiro atoms. The molecule has 3 aromatic rings. The van der Waals surface area contributed by atoms with Crippen LogP contribution in [0.25, 0.3) is 0 Å². The lowest BCUT2D eigenvalue weighted by Crippen LogP contribution is -2.50. The van der Waals surface area contributed by atoms with Crippen LogP contribution in [0.5, 0.6) is 5.75 Å². The summed E-state index contributed by atoms with van der Waals surface area (Å²) in [5, 5.41) is 0. The number of piperazine rings is 1. The van der Waals surface area contributed by atoms with Gasteiger partial charge >= 0.3 is 0 Å². The number of sulfonamides is 1. The molecule has 1 saturated heterocycles. The van der Waals surface area contributed by atoms with Crippen LogP contribution < -0.4 is 4.74 Å². The monoisotopic (exact) mass is 474 g/mol. The lowest BCUT2D eigenvalue weighted by molar-refractivity contribution is 0.0697. The summed E-state index contributed by atoms with van der Waals surface area (Å²) in [4.78, 5) is 15.6. The number of benzene rings is 2. The Morgan fingerprint density at radius 2 is 1.75 bits per heavy atom. The number of carbonyl (C=O) groups is 1. The summed E-state index contributed by atoms with van der Waals surface area (Å²) in [6.45, 7) is 3.29. The van der Waals surface area contributed by atoms with E-state index in [1.54, 1.807) is 53.4 Å². The minimum absolute atomic E-state index is 0.166. The van der Waals surface area contributed by atoms with Gasteiger partial charge in [0.05, 0.1) is 0 Å². The van der Waals surface area contributed by atoms with E-state index < -0.39 is 10.0 Å². The quantitative estimate of drug-likeness (QED) is 0.543. The summed E-state index contributed by atoms with van der Waals surface area (Å²) in [5.74, 6) is 0.0652. The van der Waals surface area contributed by atoms with E-state index >= 15 is 0 Å². The molecule has 0 unspecified atom stereocenters. The zero-order chi connectivity index (χ0) is 22.7. The van der Waals surface area contributed by atoms with Crippen molar-refractivity contribution >= 4 is 27.3 Å². The molecule has 168 valence electrons. The minimum Gasteiger partial charge on any atom is -0.489 e. The first kappa shape index (κ1) is 22.4. The Balaban J connectivity index is 1.37. The van der Waals surface area contributed by atoms with Gasteiger partial charge in [0.15, 0.2) is 0 Å². The summed E-state index contributed by atoms with van der Waals surface area (Å²) in [5.41, 5.74) is 1.30. The summed E-state index contributed by atoms with van der Waals surface area (Å²) in [6, 6.07) is 16.3. The molecule has 0 saturated carbocycles. The van der Waals surface area contributed by atoms with Gasteiger partial charge in [0.1, 0.15) is 22.4 Å². The van der Waals surface area contributed by atoms with Crippen molar-refractivity contribution < 1.29 is 22.3 Å². The SMILES string of the molecule is Cc1ccc(S(=O)(=O)N2CCN(C(=O)c3cccc(OCc4ccc(F)cc4)c3)CC2)s1. The number of hydrogen-bond acceptors (Lipinski definition) is 5. The summed E-state index contributed by atoms with van der Waals surface area (Å²) in [7, 11) is -3.53. The van der Waals surface area contributed by atoms with Crippen molar-refractivity contribution in [2.45, 2.75) is 17.7 Å². The molecule has 0 aliphatic carbocycles. The highest BCUT2D eigenvalue weighted by molar-refractivity contribution is 7.91. The normalized spacial score (nSPS) is 15.0. The van der Waals surface area contributed by atoms with Gasteiger partial charge in [-0.15, -0.1) is 11.3 Å². The molecule has 0 atom stereocenters. The molecule has 0 radical (unpaired) electrons. The molecule has 1 aliphatic rings. The van der Waals surface area contributed by atoms with Crippen molar-refractivity contribution in [3.8, 4) is 5.75 Å². The number of halogens is 1. The molecule has 6 nitrogen and oxygen atoms in total. The molecule has 0 N–H and O–H groups in total. The van der Waals surface area contributed by atoms with Gasteiger partial charge in [-0.25, -0.2) is 12.8 Å². The zero-order valence-corrected chi connectivity index (χ0v) is 19.2. The average Bonchev–Trinajstić information content (AvgIpc) is 3.26. The highest BCUT2D eigenvalue weighted by Crippen LogP contribution is 2.25. The maximum atomic E-state index is 13.0. The van der Waals surface area contributed by atoms with Crippen LogP contribution in [0, 0.1) is 12.7 Å². The predicted octanol–water partition coefficient (Wildman–Crippen LogP) is 3.92. The zero-order valence-electron chi connectivity index (χ0n) is 17.5. The highest BCUT2D eigenvalue weighted by atomic mass is 32.2. The number of aryl methyl sites for hydroxylation is 1. The number of carbonyl (C=O) groups excluding carboxylic acids is 1. The predicted molar refractivity (Wildman–Crippen MR) is 121 cm³/mol. The van der Waals surface area contributed by atoms with E-state index in [4.69, 9.17) is 4.74 Å². The number of thiophene rings is 1. The summed E-state index contributed by atoms with van der Waals surface area (Å²) in [6.07, 6.45) is 0. The minimum atomic E-state index is -3.53. The number of nitrogens with zero attached hydrogens (tertiary/aromatic N) is 2. The molecule has 4 rings (SSSR count). The van der Waals surface area contributed by atoms with Gasteiger partial charge in [-0.3, -0.25) is 4.79 Å². The Morgan fingerprint density at radius 3 is 2.41 bits per heavy atom. The third-order valence-corrected chi connectivity index (χ3v) is 8.60. The van der Waals surface area contributed by atoms with Crippen LogP contribution in [-0.2, 0) is 16.6 Å². The molecule has 1 amide bonds. The molecular formula is C23H23FN2O4S2. The van der Waals surface area contributed by atoms with Crippen molar-refractivity contribution in [2.75, 3.05) is 26.2 Å². The Labute approximate surface area is 190 Å². The van der Waals surface area contributed by atoms with E-state index in [2.05, 4.69) is 0 Å². The third-order valence-electron chi connectivity index (χ3n) is 5.24. The van der Waals surface area contributed by atoms with E-state index in [0.717, 1.165) is 10.4 Å². The third kappa shape index (κ3) is 5.01. The molecular weight excluding hydrogens is 451 g/mol. The van der Waals surface area contributed by atoms with Gasteiger partial charge in [-0.2, -0.15) is 4.31 Å². The van der Waals surface area contributed by atoms with E-state index in [0.29, 0.717) is 28.6 Å². The smallest absolute Gasteiger partial charge is 0.254 e. The molecule has 9 heteroatoms. The van der Waals surface area contributed by atoms with Gasteiger partial charge in [0.2, 0.25) is 0 Å². The second-order valence-corrected chi connectivity index (χ2v) is 11.0. The van der Waals surface area contributed by atoms with E-state index in [1.165, 1.54) is 27.8 Å². The second-order valence-electron chi connectivity index (χ2n) is 7.50. The van der Waals surface area contributed by atoms with E-state index in [1.807, 2.05) is 6.92 Å². The first-order valence-electron chi connectivity index (χ1n) is 10.2. The highest BCUT2D eigenvalue weighted by Gasteiger charge is 2.31. The van der Waals surface area contributed by atoms with Crippen LogP contribution in [-0.4, -0.2) is 49.7 Å². The van der Waals surface area contributed by atoms with Gasteiger partial charge < -0.3 is 9.64 Å². The first-order chi connectivity index (χ1) is 15.3. The molecule has 32 heavy (non-hydrogen) atoms. The van der Waals surface area contributed by atoms with Gasteiger partial charge in [0, 0.05) is 36.6 Å². The maximum Gasteiger partial charge on any atom is 0.254 e. The maximum absolute atomic E-state index is 13.0. The van der Waals surface area contributed by atoms with Gasteiger partial charge in [0.25, 0.3) is 15.9 Å². The number of rotatable bonds is 6. The van der Waals surface area contributed by atoms with Crippen LogP contribution >= 0.6 is 11.3 Å². The molecule has 1 aliphatic heterocycles. The van der Waals surface area contributed by atoms with Crippen molar-refractivity contribution in [2.24, 2.45) is 0 Å². The van der Waals surface area contributed by atoms with Crippen LogP contribution in [0.4, 0.5) is 4.39 Å². The largest absolute Gasteiger partial charge is 0.489 e. The molecule has 1 fully saturated rings. The fourth-order valence-electron chi connectivity index (χ4n) is 3.46. The first-order valence-corrected chi connectivity index (χ1v) is 12.4. The fraction of sp³-hybridized carbons (Fsp3) is 0.261. The molecule has 2 heterocycles. The van der Waals surface area contributed by atoms with Crippen molar-refractivity contribution in [3.05, 3.63) is 82.5 Å². The topological polar surface area (TPSA) is 66.9 Å². The van der Waals surface area contributed by atoms with Crippen molar-refractivity contribution in [1.82, 2.24) is 9.21 Å². The summed E-state index contributed by atoms with van der Waals surface area (Å²) < 4.78 is 46.1. The van der Waals surface area contributed by atoms with Crippen molar-refractivity contribution in [3.63, 3.8) is 0 Å². The Morgan fingerprint density at radius 1 is 1.03 bits per heavy atom. The lowest BCUT2D eigenvalue weighted by atomic mass is 10.1. The Hall–Kier alpha value is -2.75. The van der Waals surface area contributed by atoms with Crippen LogP contribution in [0.15, 0.2) is 64.9 Å². The summed E-state index contributed by atoms with van der Waals surface area (Å²) >= 11 is 1.25. The van der Waals surface area contributed by atoms with Crippen molar-refractivity contribution in [1.29, 1.82) is 0 Å². The van der Waals surface area contributed by atoms with Crippen LogP contribution in [0.1, 0.15) is 20.8 Å². The molecule has 1 aromatic heterocycles. The van der Waals surface area contributed by atoms with Gasteiger partial charge in [-0.05, 0) is 55.0 Å². The Kier molecular flexibility index (Phi) is 6.59. The molecule has 2 aromatic carbocycles.